The average Bonchev–Trinajstić information content (AvgIpc) is 2.76. The molecule has 2 rings (SSSR count). The third kappa shape index (κ3) is 3.68. The first-order chi connectivity index (χ1) is 9.20. The van der Waals surface area contributed by atoms with Gasteiger partial charge in [0, 0.05) is 18.9 Å². The molecule has 5 nitrogen and oxygen atoms in total. The van der Waals surface area contributed by atoms with Crippen molar-refractivity contribution in [2.75, 3.05) is 12.4 Å². The van der Waals surface area contributed by atoms with E-state index in [1.807, 2.05) is 0 Å². The minimum Gasteiger partial charge on any atom is -0.493 e. The van der Waals surface area contributed by atoms with Crippen molar-refractivity contribution in [2.24, 2.45) is 7.05 Å². The Balaban J connectivity index is 1.79. The van der Waals surface area contributed by atoms with Gasteiger partial charge >= 0.3 is 0 Å². The van der Waals surface area contributed by atoms with Crippen LogP contribution in [0, 0.1) is 5.82 Å². The zero-order chi connectivity index (χ0) is 13.7. The molecule has 0 aliphatic rings. The Labute approximate surface area is 114 Å². The molecule has 0 atom stereocenters. The van der Waals surface area contributed by atoms with Gasteiger partial charge < -0.3 is 14.4 Å². The Kier molecular flexibility index (Phi) is 4.75. The van der Waals surface area contributed by atoms with Crippen LogP contribution in [0.5, 0.6) is 5.75 Å². The van der Waals surface area contributed by atoms with Gasteiger partial charge in [0.1, 0.15) is 18.2 Å². The van der Waals surface area contributed by atoms with Gasteiger partial charge in [0.2, 0.25) is 0 Å². The minimum absolute atomic E-state index is 0.135. The SMILES string of the molecule is Cn1c(CO)nnc1SCCOc1cccc(F)c1. The van der Waals surface area contributed by atoms with E-state index < -0.39 is 0 Å². The van der Waals surface area contributed by atoms with Crippen molar-refractivity contribution < 1.29 is 14.2 Å². The summed E-state index contributed by atoms with van der Waals surface area (Å²) in [7, 11) is 1.79. The molecule has 102 valence electrons. The number of hydrogen-bond acceptors (Lipinski definition) is 5. The summed E-state index contributed by atoms with van der Waals surface area (Å²) in [5.74, 6) is 1.38. The predicted octanol–water partition coefficient (Wildman–Crippen LogP) is 1.62. The van der Waals surface area contributed by atoms with E-state index in [2.05, 4.69) is 10.2 Å². The molecule has 1 aromatic heterocycles. The number of aliphatic hydroxyl groups is 1. The van der Waals surface area contributed by atoms with Crippen molar-refractivity contribution in [1.82, 2.24) is 14.8 Å². The second kappa shape index (κ2) is 6.53. The Morgan fingerprint density at radius 1 is 1.42 bits per heavy atom. The quantitative estimate of drug-likeness (QED) is 0.645. The Morgan fingerprint density at radius 2 is 2.26 bits per heavy atom. The third-order valence-electron chi connectivity index (χ3n) is 2.45. The highest BCUT2D eigenvalue weighted by molar-refractivity contribution is 7.99. The fourth-order valence-corrected chi connectivity index (χ4v) is 2.20. The number of thioether (sulfide) groups is 1. The van der Waals surface area contributed by atoms with Crippen LogP contribution in [0.4, 0.5) is 4.39 Å². The number of ether oxygens (including phenoxy) is 1. The summed E-state index contributed by atoms with van der Waals surface area (Å²) in [6.07, 6.45) is 0. The van der Waals surface area contributed by atoms with Gasteiger partial charge in [-0.25, -0.2) is 4.39 Å². The van der Waals surface area contributed by atoms with Crippen LogP contribution in [-0.2, 0) is 13.7 Å². The zero-order valence-corrected chi connectivity index (χ0v) is 11.2. The van der Waals surface area contributed by atoms with Crippen LogP contribution in [0.3, 0.4) is 0 Å². The first kappa shape index (κ1) is 13.8. The Morgan fingerprint density at radius 3 is 2.95 bits per heavy atom. The van der Waals surface area contributed by atoms with Crippen molar-refractivity contribution in [3.8, 4) is 5.75 Å². The number of benzene rings is 1. The number of aliphatic hydroxyl groups excluding tert-OH is 1. The Hall–Kier alpha value is -1.60. The number of nitrogens with zero attached hydrogens (tertiary/aromatic N) is 3. The first-order valence-electron chi connectivity index (χ1n) is 5.71. The van der Waals surface area contributed by atoms with E-state index in [0.717, 1.165) is 0 Å². The highest BCUT2D eigenvalue weighted by Crippen LogP contribution is 2.17. The summed E-state index contributed by atoms with van der Waals surface area (Å²) < 4.78 is 20.0. The van der Waals surface area contributed by atoms with Crippen LogP contribution in [0.15, 0.2) is 29.4 Å². The predicted molar refractivity (Wildman–Crippen MR) is 69.5 cm³/mol. The van der Waals surface area contributed by atoms with Crippen molar-refractivity contribution in [3.63, 3.8) is 0 Å². The van der Waals surface area contributed by atoms with Crippen LogP contribution >= 0.6 is 11.8 Å². The number of rotatable bonds is 6. The van der Waals surface area contributed by atoms with Gasteiger partial charge in [-0.05, 0) is 12.1 Å². The van der Waals surface area contributed by atoms with Crippen LogP contribution in [0.25, 0.3) is 0 Å². The lowest BCUT2D eigenvalue weighted by molar-refractivity contribution is 0.266. The van der Waals surface area contributed by atoms with Gasteiger partial charge in [-0.2, -0.15) is 0 Å². The maximum atomic E-state index is 12.9. The van der Waals surface area contributed by atoms with E-state index in [4.69, 9.17) is 9.84 Å². The van der Waals surface area contributed by atoms with Crippen LogP contribution < -0.4 is 4.74 Å². The lowest BCUT2D eigenvalue weighted by Crippen LogP contribution is -2.03. The number of hydrogen-bond donors (Lipinski definition) is 1. The monoisotopic (exact) mass is 283 g/mol. The van der Waals surface area contributed by atoms with E-state index in [0.29, 0.717) is 29.1 Å². The molecule has 7 heteroatoms. The fourth-order valence-electron chi connectivity index (χ4n) is 1.46. The Bertz CT molecular complexity index is 548. The van der Waals surface area contributed by atoms with E-state index in [-0.39, 0.29) is 12.4 Å². The number of halogens is 1. The van der Waals surface area contributed by atoms with Crippen LogP contribution in [0.1, 0.15) is 5.82 Å². The molecule has 0 radical (unpaired) electrons. The van der Waals surface area contributed by atoms with Crippen LogP contribution in [0.2, 0.25) is 0 Å². The van der Waals surface area contributed by atoms with Gasteiger partial charge in [0.05, 0.1) is 6.61 Å². The van der Waals surface area contributed by atoms with E-state index >= 15 is 0 Å². The smallest absolute Gasteiger partial charge is 0.191 e. The van der Waals surface area contributed by atoms with Gasteiger partial charge in [-0.1, -0.05) is 17.8 Å². The fraction of sp³-hybridized carbons (Fsp3) is 0.333. The lowest BCUT2D eigenvalue weighted by atomic mass is 10.3. The third-order valence-corrected chi connectivity index (χ3v) is 3.43. The molecule has 1 N–H and O–H groups in total. The largest absolute Gasteiger partial charge is 0.493 e. The lowest BCUT2D eigenvalue weighted by Gasteiger charge is -2.05. The summed E-state index contributed by atoms with van der Waals surface area (Å²) in [6.45, 7) is 0.305. The second-order valence-electron chi connectivity index (χ2n) is 3.77. The van der Waals surface area contributed by atoms with E-state index in [1.54, 1.807) is 23.7 Å². The summed E-state index contributed by atoms with van der Waals surface area (Å²) in [5, 5.41) is 17.5. The summed E-state index contributed by atoms with van der Waals surface area (Å²) in [4.78, 5) is 0. The second-order valence-corrected chi connectivity index (χ2v) is 4.83. The molecule has 19 heavy (non-hydrogen) atoms. The highest BCUT2D eigenvalue weighted by Gasteiger charge is 2.07. The van der Waals surface area contributed by atoms with E-state index in [9.17, 15) is 4.39 Å². The topological polar surface area (TPSA) is 60.2 Å². The van der Waals surface area contributed by atoms with E-state index in [1.165, 1.54) is 23.9 Å². The van der Waals surface area contributed by atoms with Gasteiger partial charge in [-0.3, -0.25) is 0 Å². The summed E-state index contributed by atoms with van der Waals surface area (Å²) >= 11 is 1.47. The standard InChI is InChI=1S/C12H14FN3O2S/c1-16-11(8-17)14-15-12(16)19-6-5-18-10-4-2-3-9(13)7-10/h2-4,7,17H,5-6,8H2,1H3. The molecule has 0 saturated carbocycles. The highest BCUT2D eigenvalue weighted by atomic mass is 32.2. The molecule has 2 aromatic rings. The van der Waals surface area contributed by atoms with Gasteiger partial charge in [-0.15, -0.1) is 10.2 Å². The zero-order valence-electron chi connectivity index (χ0n) is 10.4. The summed E-state index contributed by atoms with van der Waals surface area (Å²) in [6, 6.07) is 6.03. The molecule has 0 unspecified atom stereocenters. The molecule has 0 aliphatic carbocycles. The van der Waals surface area contributed by atoms with Gasteiger partial charge in [0.15, 0.2) is 11.0 Å². The molecule has 0 amide bonds. The molecular weight excluding hydrogens is 269 g/mol. The van der Waals surface area contributed by atoms with Crippen LogP contribution in [-0.4, -0.2) is 32.2 Å². The maximum absolute atomic E-state index is 12.9. The van der Waals surface area contributed by atoms with Crippen molar-refractivity contribution in [2.45, 2.75) is 11.8 Å². The average molecular weight is 283 g/mol. The summed E-state index contributed by atoms with van der Waals surface area (Å²) in [5.41, 5.74) is 0. The number of aromatic nitrogens is 3. The van der Waals surface area contributed by atoms with Crippen molar-refractivity contribution in [1.29, 1.82) is 0 Å². The van der Waals surface area contributed by atoms with Gasteiger partial charge in [0.25, 0.3) is 0 Å². The molecule has 0 saturated heterocycles. The maximum Gasteiger partial charge on any atom is 0.191 e. The minimum atomic E-state index is -0.314. The normalized spacial score (nSPS) is 10.7. The van der Waals surface area contributed by atoms with Crippen molar-refractivity contribution >= 4 is 11.8 Å². The van der Waals surface area contributed by atoms with Crippen molar-refractivity contribution in [3.05, 3.63) is 35.9 Å². The molecule has 0 spiro atoms. The molecular formula is C12H14FN3O2S. The molecule has 0 aliphatic heterocycles. The molecule has 1 aromatic carbocycles. The molecule has 1 heterocycles. The molecule has 0 bridgehead atoms. The first-order valence-corrected chi connectivity index (χ1v) is 6.69. The molecule has 0 fully saturated rings.